The number of nitrogens with zero attached hydrogens (tertiary/aromatic N) is 1. The van der Waals surface area contributed by atoms with E-state index in [1.54, 1.807) is 14.0 Å². The first-order valence-electron chi connectivity index (χ1n) is 6.22. The van der Waals surface area contributed by atoms with Crippen LogP contribution in [-0.4, -0.2) is 41.8 Å². The van der Waals surface area contributed by atoms with E-state index in [1.165, 1.54) is 16.7 Å². The van der Waals surface area contributed by atoms with Crippen LogP contribution in [0.25, 0.3) is 0 Å². The summed E-state index contributed by atoms with van der Waals surface area (Å²) in [7, 11) is 1.58. The van der Waals surface area contributed by atoms with Crippen molar-refractivity contribution in [3.63, 3.8) is 0 Å². The van der Waals surface area contributed by atoms with Gasteiger partial charge in [-0.25, -0.2) is 14.6 Å². The number of ether oxygens (including phenoxy) is 1. The van der Waals surface area contributed by atoms with Crippen LogP contribution in [0.1, 0.15) is 41.8 Å². The molecule has 1 aromatic heterocycles. The average Bonchev–Trinajstić information content (AvgIpc) is 2.87. The molecule has 0 bridgehead atoms. The molecule has 1 heterocycles. The van der Waals surface area contributed by atoms with Crippen LogP contribution in [0.4, 0.5) is 4.79 Å². The fraction of sp³-hybridized carbons (Fsp3) is 0.583. The SMILES string of the molecule is CCC(COC)NC(=O)NC(C)c1nc(C(=O)O)cs1. The van der Waals surface area contributed by atoms with Crippen LogP contribution < -0.4 is 10.6 Å². The van der Waals surface area contributed by atoms with Gasteiger partial charge in [-0.3, -0.25) is 0 Å². The van der Waals surface area contributed by atoms with Crippen LogP contribution in [0, 0.1) is 0 Å². The largest absolute Gasteiger partial charge is 0.476 e. The molecule has 2 atom stereocenters. The monoisotopic (exact) mass is 301 g/mol. The smallest absolute Gasteiger partial charge is 0.355 e. The number of aromatic carboxylic acids is 1. The molecule has 0 fully saturated rings. The third-order valence-electron chi connectivity index (χ3n) is 2.65. The third kappa shape index (κ3) is 4.78. The fourth-order valence-corrected chi connectivity index (χ4v) is 2.33. The molecule has 0 aromatic carbocycles. The zero-order valence-corrected chi connectivity index (χ0v) is 12.5. The fourth-order valence-electron chi connectivity index (χ4n) is 1.53. The Morgan fingerprint density at radius 3 is 2.70 bits per heavy atom. The number of thiazole rings is 1. The molecule has 0 aliphatic heterocycles. The van der Waals surface area contributed by atoms with Crippen molar-refractivity contribution in [3.8, 4) is 0 Å². The first kappa shape index (κ1) is 16.4. The van der Waals surface area contributed by atoms with Crippen LogP contribution in [0.2, 0.25) is 0 Å². The van der Waals surface area contributed by atoms with Crippen LogP contribution in [0.3, 0.4) is 0 Å². The molecule has 3 N–H and O–H groups in total. The van der Waals surface area contributed by atoms with Gasteiger partial charge in [-0.05, 0) is 13.3 Å². The zero-order valence-electron chi connectivity index (χ0n) is 11.7. The minimum Gasteiger partial charge on any atom is -0.476 e. The molecular formula is C12H19N3O4S. The summed E-state index contributed by atoms with van der Waals surface area (Å²) in [5.41, 5.74) is -0.00937. The number of carbonyl (C=O) groups is 2. The van der Waals surface area contributed by atoms with Gasteiger partial charge in [0.05, 0.1) is 18.7 Å². The second-order valence-corrected chi connectivity index (χ2v) is 5.17. The number of hydrogen-bond acceptors (Lipinski definition) is 5. The standard InChI is InChI=1S/C12H19N3O4S/c1-4-8(5-19-3)14-12(18)13-7(2)10-15-9(6-20-10)11(16)17/h6-8H,4-5H2,1-3H3,(H,16,17)(H2,13,14,18). The Morgan fingerprint density at radius 2 is 2.20 bits per heavy atom. The van der Waals surface area contributed by atoms with E-state index in [0.717, 1.165) is 6.42 Å². The lowest BCUT2D eigenvalue weighted by Gasteiger charge is -2.18. The molecule has 0 saturated heterocycles. The Kier molecular flexibility index (Phi) is 6.40. The number of carboxylic acid groups (broad SMARTS) is 1. The van der Waals surface area contributed by atoms with E-state index in [-0.39, 0.29) is 23.8 Å². The minimum atomic E-state index is -1.07. The molecule has 20 heavy (non-hydrogen) atoms. The molecule has 1 rings (SSSR count). The molecule has 0 spiro atoms. The van der Waals surface area contributed by atoms with Gasteiger partial charge in [-0.1, -0.05) is 6.92 Å². The van der Waals surface area contributed by atoms with Gasteiger partial charge in [0.1, 0.15) is 5.01 Å². The number of hydrogen-bond donors (Lipinski definition) is 3. The Labute approximate surface area is 121 Å². The number of carbonyl (C=O) groups excluding carboxylic acids is 1. The summed E-state index contributed by atoms with van der Waals surface area (Å²) >= 11 is 1.20. The van der Waals surface area contributed by atoms with E-state index >= 15 is 0 Å². The number of nitrogens with one attached hydrogen (secondary N) is 2. The number of aromatic nitrogens is 1. The summed E-state index contributed by atoms with van der Waals surface area (Å²) in [4.78, 5) is 26.5. The van der Waals surface area contributed by atoms with Crippen molar-refractivity contribution in [1.82, 2.24) is 15.6 Å². The second kappa shape index (κ2) is 7.81. The summed E-state index contributed by atoms with van der Waals surface area (Å²) in [6, 6.07) is -0.736. The van der Waals surface area contributed by atoms with E-state index in [2.05, 4.69) is 15.6 Å². The molecule has 112 valence electrons. The molecule has 2 unspecified atom stereocenters. The molecule has 7 nitrogen and oxygen atoms in total. The first-order valence-corrected chi connectivity index (χ1v) is 7.10. The van der Waals surface area contributed by atoms with Crippen molar-refractivity contribution in [2.24, 2.45) is 0 Å². The van der Waals surface area contributed by atoms with E-state index in [4.69, 9.17) is 9.84 Å². The number of rotatable bonds is 7. The number of methoxy groups -OCH3 is 1. The Hall–Kier alpha value is -1.67. The normalized spacial score (nSPS) is 13.6. The Morgan fingerprint density at radius 1 is 1.50 bits per heavy atom. The maximum Gasteiger partial charge on any atom is 0.355 e. The van der Waals surface area contributed by atoms with E-state index in [1.807, 2.05) is 6.92 Å². The van der Waals surface area contributed by atoms with Crippen LogP contribution in [0.5, 0.6) is 0 Å². The first-order chi connectivity index (χ1) is 9.47. The maximum atomic E-state index is 11.8. The lowest BCUT2D eigenvalue weighted by Crippen LogP contribution is -2.44. The van der Waals surface area contributed by atoms with Crippen molar-refractivity contribution >= 4 is 23.3 Å². The van der Waals surface area contributed by atoms with Crippen LogP contribution in [0.15, 0.2) is 5.38 Å². The third-order valence-corrected chi connectivity index (χ3v) is 3.68. The summed E-state index contributed by atoms with van der Waals surface area (Å²) in [5.74, 6) is -1.07. The molecule has 0 radical (unpaired) electrons. The van der Waals surface area contributed by atoms with Gasteiger partial charge in [0.2, 0.25) is 0 Å². The molecule has 0 aliphatic rings. The van der Waals surface area contributed by atoms with Gasteiger partial charge in [0.25, 0.3) is 0 Å². The van der Waals surface area contributed by atoms with Crippen LogP contribution in [-0.2, 0) is 4.74 Å². The number of urea groups is 1. The van der Waals surface area contributed by atoms with Crippen molar-refractivity contribution in [1.29, 1.82) is 0 Å². The van der Waals surface area contributed by atoms with E-state index < -0.39 is 5.97 Å². The summed E-state index contributed by atoms with van der Waals surface area (Å²) in [6.07, 6.45) is 0.760. The molecule has 0 aliphatic carbocycles. The van der Waals surface area contributed by atoms with Gasteiger partial charge in [0, 0.05) is 12.5 Å². The molecular weight excluding hydrogens is 282 g/mol. The predicted molar refractivity (Wildman–Crippen MR) is 75.1 cm³/mol. The van der Waals surface area contributed by atoms with E-state index in [9.17, 15) is 9.59 Å². The summed E-state index contributed by atoms with van der Waals surface area (Å²) < 4.78 is 5.00. The number of amides is 2. The van der Waals surface area contributed by atoms with Gasteiger partial charge >= 0.3 is 12.0 Å². The highest BCUT2D eigenvalue weighted by Crippen LogP contribution is 2.17. The highest BCUT2D eigenvalue weighted by atomic mass is 32.1. The van der Waals surface area contributed by atoms with Crippen molar-refractivity contribution in [2.45, 2.75) is 32.4 Å². The summed E-state index contributed by atoms with van der Waals surface area (Å²) in [5, 5.41) is 16.3. The lowest BCUT2D eigenvalue weighted by molar-refractivity contribution is 0.0691. The van der Waals surface area contributed by atoms with Crippen molar-refractivity contribution < 1.29 is 19.4 Å². The van der Waals surface area contributed by atoms with Gasteiger partial charge < -0.3 is 20.5 Å². The van der Waals surface area contributed by atoms with Crippen molar-refractivity contribution in [2.75, 3.05) is 13.7 Å². The minimum absolute atomic E-state index is 0.00937. The lowest BCUT2D eigenvalue weighted by atomic mass is 10.2. The predicted octanol–water partition coefficient (Wildman–Crippen LogP) is 1.63. The van der Waals surface area contributed by atoms with Gasteiger partial charge in [-0.15, -0.1) is 11.3 Å². The maximum absolute atomic E-state index is 11.8. The quantitative estimate of drug-likeness (QED) is 0.710. The van der Waals surface area contributed by atoms with Crippen LogP contribution >= 0.6 is 11.3 Å². The molecule has 2 amide bonds. The van der Waals surface area contributed by atoms with Gasteiger partial charge in [0.15, 0.2) is 5.69 Å². The molecule has 1 aromatic rings. The highest BCUT2D eigenvalue weighted by molar-refractivity contribution is 7.09. The highest BCUT2D eigenvalue weighted by Gasteiger charge is 2.17. The van der Waals surface area contributed by atoms with E-state index in [0.29, 0.717) is 11.6 Å². The topological polar surface area (TPSA) is 101 Å². The second-order valence-electron chi connectivity index (χ2n) is 4.28. The average molecular weight is 301 g/mol. The Balaban J connectivity index is 2.53. The molecule has 8 heteroatoms. The molecule has 0 saturated carbocycles. The Bertz CT molecular complexity index is 463. The number of carboxylic acids is 1. The zero-order chi connectivity index (χ0) is 15.1. The summed E-state index contributed by atoms with van der Waals surface area (Å²) in [6.45, 7) is 4.15. The van der Waals surface area contributed by atoms with Gasteiger partial charge in [-0.2, -0.15) is 0 Å². The van der Waals surface area contributed by atoms with Crippen molar-refractivity contribution in [3.05, 3.63) is 16.1 Å².